The number of para-hydroxylation sites is 1. The number of benzene rings is 2. The summed E-state index contributed by atoms with van der Waals surface area (Å²) in [5.74, 6) is 10.9. The Morgan fingerprint density at radius 2 is 1.82 bits per heavy atom. The van der Waals surface area contributed by atoms with E-state index in [4.69, 9.17) is 10.7 Å². The largest absolute Gasteiger partial charge is 0.401 e. The lowest BCUT2D eigenvalue weighted by Crippen LogP contribution is -2.32. The number of hydrogen-bond acceptors (Lipinski definition) is 6. The summed E-state index contributed by atoms with van der Waals surface area (Å²) in [6, 6.07) is 17.7. The van der Waals surface area contributed by atoms with Crippen molar-refractivity contribution in [3.8, 4) is 0 Å². The molecule has 0 bridgehead atoms. The lowest BCUT2D eigenvalue weighted by molar-refractivity contribution is 0.342. The van der Waals surface area contributed by atoms with E-state index in [9.17, 15) is 0 Å². The Hall–Kier alpha value is -4.95. The zero-order valence-electron chi connectivity index (χ0n) is 39.8. The van der Waals surface area contributed by atoms with Crippen LogP contribution in [0.25, 0.3) is 16.6 Å². The van der Waals surface area contributed by atoms with Crippen LogP contribution >= 0.6 is 9.39 Å². The second kappa shape index (κ2) is 25.9. The van der Waals surface area contributed by atoms with E-state index in [-0.39, 0.29) is 6.04 Å². The van der Waals surface area contributed by atoms with Crippen molar-refractivity contribution in [3.05, 3.63) is 133 Å². The van der Waals surface area contributed by atoms with E-state index in [1.165, 1.54) is 65.6 Å². The van der Waals surface area contributed by atoms with Gasteiger partial charge in [-0.2, -0.15) is 0 Å². The number of aryl methyl sites for hydroxylation is 2. The smallest absolute Gasteiger partial charge is 0.0979 e. The number of aliphatic imine (C=N–C) groups is 1. The molecule has 3 atom stereocenters. The third kappa shape index (κ3) is 15.7. The van der Waals surface area contributed by atoms with Crippen LogP contribution < -0.4 is 21.1 Å². The number of nitrogens with two attached hydrogens (primary N) is 1. The van der Waals surface area contributed by atoms with Gasteiger partial charge in [0.15, 0.2) is 0 Å². The number of nitrogens with zero attached hydrogens (tertiary/aromatic N) is 3. The minimum atomic E-state index is -1.59. The van der Waals surface area contributed by atoms with Crippen LogP contribution in [-0.2, 0) is 6.42 Å². The van der Waals surface area contributed by atoms with Gasteiger partial charge in [-0.3, -0.25) is 4.99 Å². The summed E-state index contributed by atoms with van der Waals surface area (Å²) in [6.45, 7) is 34.4. The Labute approximate surface area is 378 Å². The first-order chi connectivity index (χ1) is 29.7. The molecule has 2 aromatic carbocycles. The molecular formula is C54H81N7S. The van der Waals surface area contributed by atoms with Crippen LogP contribution in [0.5, 0.6) is 0 Å². The highest BCUT2D eigenvalue weighted by Crippen LogP contribution is 2.46. The number of rotatable bonds is 9. The third-order valence-electron chi connectivity index (χ3n) is 11.2. The van der Waals surface area contributed by atoms with Gasteiger partial charge < -0.3 is 26.0 Å². The number of aromatic nitrogens is 1. The minimum absolute atomic E-state index is 0.277. The van der Waals surface area contributed by atoms with Crippen LogP contribution in [-0.4, -0.2) is 52.6 Å². The summed E-state index contributed by atoms with van der Waals surface area (Å²) in [4.78, 5) is 12.9. The quantitative estimate of drug-likeness (QED) is 0.0742. The molecule has 1 saturated carbocycles. The van der Waals surface area contributed by atoms with Gasteiger partial charge in [0.25, 0.3) is 0 Å². The molecule has 3 heterocycles. The van der Waals surface area contributed by atoms with E-state index in [1.54, 1.807) is 0 Å². The number of fused-ring (bicyclic) bond motifs is 3. The van der Waals surface area contributed by atoms with Gasteiger partial charge in [0.1, 0.15) is 0 Å². The van der Waals surface area contributed by atoms with Crippen LogP contribution in [0, 0.1) is 18.8 Å². The van der Waals surface area contributed by atoms with E-state index >= 15 is 0 Å². The molecule has 1 aromatic heterocycles. The van der Waals surface area contributed by atoms with Crippen LogP contribution in [0.4, 0.5) is 5.69 Å². The summed E-state index contributed by atoms with van der Waals surface area (Å²) in [7, 11) is -1.59. The van der Waals surface area contributed by atoms with Gasteiger partial charge in [-0.15, -0.1) is 16.0 Å². The fraction of sp³-hybridized carbons (Fsp3) is 0.444. The van der Waals surface area contributed by atoms with Crippen LogP contribution in [0.1, 0.15) is 123 Å². The number of pyridine rings is 1. The number of anilines is 1. The Morgan fingerprint density at radius 3 is 2.50 bits per heavy atom. The molecule has 8 heteroatoms. The predicted octanol–water partition coefficient (Wildman–Crippen LogP) is 13.2. The molecular weight excluding hydrogens is 779 g/mol. The molecule has 62 heavy (non-hydrogen) atoms. The maximum Gasteiger partial charge on any atom is 0.0979 e. The van der Waals surface area contributed by atoms with Crippen molar-refractivity contribution in [2.45, 2.75) is 137 Å². The summed E-state index contributed by atoms with van der Waals surface area (Å²) >= 11 is 0. The minimum Gasteiger partial charge on any atom is -0.401 e. The molecule has 3 aromatic rings. The lowest BCUT2D eigenvalue weighted by atomic mass is 10.0. The first-order valence-corrected chi connectivity index (χ1v) is 25.0. The molecule has 1 saturated heterocycles. The Kier molecular flexibility index (Phi) is 21.4. The van der Waals surface area contributed by atoms with Gasteiger partial charge in [-0.25, -0.2) is 4.98 Å². The van der Waals surface area contributed by atoms with Crippen LogP contribution in [0.3, 0.4) is 0 Å². The maximum atomic E-state index is 5.76. The fourth-order valence-electron chi connectivity index (χ4n) is 7.87. The van der Waals surface area contributed by atoms with E-state index < -0.39 is 9.39 Å². The maximum absolute atomic E-state index is 5.76. The fourth-order valence-corrected chi connectivity index (χ4v) is 9.53. The lowest BCUT2D eigenvalue weighted by Gasteiger charge is -2.28. The molecule has 7 nitrogen and oxygen atoms in total. The van der Waals surface area contributed by atoms with Crippen molar-refractivity contribution >= 4 is 49.3 Å². The van der Waals surface area contributed by atoms with Gasteiger partial charge in [0.05, 0.1) is 28.8 Å². The predicted molar refractivity (Wildman–Crippen MR) is 280 cm³/mol. The number of likely N-dealkylation sites (tertiary alicyclic amines) is 1. The third-order valence-corrected chi connectivity index (χ3v) is 13.1. The number of amidine groups is 1. The number of allylic oxidation sites excluding steroid dienone is 6. The molecule has 5 N–H and O–H groups in total. The zero-order valence-corrected chi connectivity index (χ0v) is 40.6. The first-order valence-electron chi connectivity index (χ1n) is 23.0. The van der Waals surface area contributed by atoms with Crippen molar-refractivity contribution < 1.29 is 0 Å². The normalized spacial score (nSPS) is 20.3. The van der Waals surface area contributed by atoms with Gasteiger partial charge in [0.2, 0.25) is 0 Å². The second-order valence-electron chi connectivity index (χ2n) is 16.7. The summed E-state index contributed by atoms with van der Waals surface area (Å²) in [6.07, 6.45) is 20.1. The molecule has 6 rings (SSSR count). The monoisotopic (exact) mass is 860 g/mol. The molecule has 2 unspecified atom stereocenters. The highest BCUT2D eigenvalue weighted by atomic mass is 32.2. The molecule has 0 spiro atoms. The molecule has 2 fully saturated rings. The van der Waals surface area contributed by atoms with Gasteiger partial charge in [0, 0.05) is 58.1 Å². The molecule has 1 aliphatic carbocycles. The van der Waals surface area contributed by atoms with E-state index in [0.29, 0.717) is 17.9 Å². The average Bonchev–Trinajstić information content (AvgIpc) is 3.86. The molecule has 0 amide bonds. The molecule has 338 valence electrons. The molecule has 0 radical (unpaired) electrons. The summed E-state index contributed by atoms with van der Waals surface area (Å²) < 4.78 is 3.57. The van der Waals surface area contributed by atoms with Gasteiger partial charge in [-0.05, 0) is 134 Å². The number of hydrogen-bond donors (Lipinski definition) is 4. The SMILES string of the molecule is C/C=C(\NC(C)=NC(C)C)c1cc(C)c2ccc(CC)cc2n1.C=C1NS(=C)(=C)c2ccccc2NCCCCC/C=C\C2C[C@H]12.C=CCCC(=C)N1CCCC1C(=C)N.CC. The van der Waals surface area contributed by atoms with Gasteiger partial charge >= 0.3 is 0 Å². The standard InChI is InChI=1S/C20H27N3.C20H28N2S.C12H20N2.C2H6/c1-7-16-9-10-17-14(5)11-20(23-19(17)12-16)18(8-2)22-15(6)21-13(3)4;1-16-18-15-17(18)11-7-5-4-6-10-14-21-19-12-8-9-13-20(19)23(2,3)22-16;1-4-5-7-10(2)14-9-6-8-12(14)11(3)13;1-2/h8-13H,7H2,1-6H3,(H,21,22);7-9,11-13,17-18,21-22H,1-6,10,14-15H2;4,12H,1-3,5-9,13H2;1-2H3/b18-8-;11-7-;;/t;17?,18-;;/m.1../s1. The zero-order chi connectivity index (χ0) is 45.8. The highest BCUT2D eigenvalue weighted by Gasteiger charge is 2.37. The number of nitrogens with one attached hydrogen (secondary N) is 3. The second-order valence-corrected chi connectivity index (χ2v) is 19.1. The van der Waals surface area contributed by atoms with Crippen LogP contribution in [0.15, 0.2) is 126 Å². The Morgan fingerprint density at radius 1 is 1.08 bits per heavy atom. The van der Waals surface area contributed by atoms with E-state index in [1.807, 2.05) is 33.8 Å². The average molecular weight is 860 g/mol. The summed E-state index contributed by atoms with van der Waals surface area (Å²) in [5.41, 5.74) is 15.5. The molecule has 2 aliphatic heterocycles. The van der Waals surface area contributed by atoms with Crippen molar-refractivity contribution in [2.24, 2.45) is 22.6 Å². The van der Waals surface area contributed by atoms with E-state index in [0.717, 1.165) is 78.6 Å². The molecule has 3 aliphatic rings. The van der Waals surface area contributed by atoms with Crippen molar-refractivity contribution in [1.82, 2.24) is 19.9 Å². The first kappa shape index (κ1) is 51.4. The van der Waals surface area contributed by atoms with Gasteiger partial charge in [-0.1, -0.05) is 107 Å². The van der Waals surface area contributed by atoms with Crippen molar-refractivity contribution in [1.29, 1.82) is 0 Å². The van der Waals surface area contributed by atoms with Crippen molar-refractivity contribution in [3.63, 3.8) is 0 Å². The highest BCUT2D eigenvalue weighted by molar-refractivity contribution is 8.26. The topological polar surface area (TPSA) is 90.6 Å². The Balaban J connectivity index is 0.000000250. The van der Waals surface area contributed by atoms with E-state index in [2.05, 4.69) is 158 Å². The summed E-state index contributed by atoms with van der Waals surface area (Å²) in [5, 5.41) is 8.18. The van der Waals surface area contributed by atoms with Crippen LogP contribution in [0.2, 0.25) is 0 Å². The van der Waals surface area contributed by atoms with Crippen molar-refractivity contribution in [2.75, 3.05) is 18.4 Å². The Bertz CT molecular complexity index is 2160.